The van der Waals surface area contributed by atoms with Crippen LogP contribution in [0.5, 0.6) is 0 Å². The molecule has 4 rings (SSSR count). The molecule has 1 saturated carbocycles. The van der Waals surface area contributed by atoms with E-state index in [1.807, 2.05) is 0 Å². The number of hydrogen-bond donors (Lipinski definition) is 0. The normalized spacial score (nSPS) is 16.6. The molecule has 0 unspecified atom stereocenters. The van der Waals surface area contributed by atoms with Gasteiger partial charge in [0.15, 0.2) is 6.20 Å². The Morgan fingerprint density at radius 3 is 2.24 bits per heavy atom. The van der Waals surface area contributed by atoms with E-state index in [2.05, 4.69) is 85.4 Å². The fraction of sp³-hybridized carbons (Fsp3) is 0.292. The average Bonchev–Trinajstić information content (AvgIpc) is 3.10. The molecule has 1 aliphatic rings. The van der Waals surface area contributed by atoms with Crippen molar-refractivity contribution in [1.29, 1.82) is 0 Å². The van der Waals surface area contributed by atoms with Gasteiger partial charge in [-0.25, -0.2) is 4.57 Å². The van der Waals surface area contributed by atoms with E-state index in [9.17, 15) is 0 Å². The van der Waals surface area contributed by atoms with Crippen LogP contribution in [-0.2, 0) is 7.05 Å². The second-order valence-electron chi connectivity index (χ2n) is 7.12. The van der Waals surface area contributed by atoms with Crippen LogP contribution < -0.4 is 4.57 Å². The Morgan fingerprint density at radius 1 is 0.880 bits per heavy atom. The summed E-state index contributed by atoms with van der Waals surface area (Å²) in [6.07, 6.45) is 6.55. The van der Waals surface area contributed by atoms with Gasteiger partial charge in [0.05, 0.1) is 0 Å². The molecule has 0 radical (unpaired) electrons. The highest BCUT2D eigenvalue weighted by atomic mass is 14.9. The third-order valence-electron chi connectivity index (χ3n) is 5.39. The van der Waals surface area contributed by atoms with Gasteiger partial charge in [-0.2, -0.15) is 0 Å². The molecule has 1 fully saturated rings. The van der Waals surface area contributed by atoms with Crippen molar-refractivity contribution >= 4 is 0 Å². The molecule has 1 nitrogen and oxygen atoms in total. The maximum Gasteiger partial charge on any atom is 0.212 e. The lowest BCUT2D eigenvalue weighted by atomic mass is 9.95. The molecule has 1 aromatic heterocycles. The van der Waals surface area contributed by atoms with Crippen LogP contribution in [0.3, 0.4) is 0 Å². The van der Waals surface area contributed by atoms with Crippen LogP contribution in [0.4, 0.5) is 0 Å². The molecule has 25 heavy (non-hydrogen) atoms. The fourth-order valence-corrected chi connectivity index (χ4v) is 3.91. The van der Waals surface area contributed by atoms with Gasteiger partial charge in [0.2, 0.25) is 5.69 Å². The van der Waals surface area contributed by atoms with Crippen LogP contribution >= 0.6 is 0 Å². The average molecular weight is 329 g/mol. The van der Waals surface area contributed by atoms with Gasteiger partial charge < -0.3 is 0 Å². The first kappa shape index (κ1) is 14.9. The Balaban J connectivity index is 1.65. The van der Waals surface area contributed by atoms with E-state index in [1.165, 1.54) is 46.4 Å². The van der Waals surface area contributed by atoms with Crippen molar-refractivity contribution in [2.45, 2.75) is 38.5 Å². The molecule has 0 N–H and O–H groups in total. The predicted octanol–water partition coefficient (Wildman–Crippen LogP) is 5.81. The van der Waals surface area contributed by atoms with Crippen molar-refractivity contribution in [2.24, 2.45) is 7.05 Å². The summed E-state index contributed by atoms with van der Waals surface area (Å²) in [5.41, 5.74) is 7.37. The predicted molar refractivity (Wildman–Crippen MR) is 104 cm³/mol. The third kappa shape index (κ3) is 3.24. The summed E-state index contributed by atoms with van der Waals surface area (Å²) in [7, 11) is 2.11. The molecule has 1 heteroatoms. The number of hydrogen-bond acceptors (Lipinski definition) is 0. The first-order valence-corrected chi connectivity index (χ1v) is 9.23. The number of nitrogens with zero attached hydrogens (tertiary/aromatic N) is 1. The minimum absolute atomic E-state index is 0.363. The monoisotopic (exact) mass is 329 g/mol. The van der Waals surface area contributed by atoms with Crippen LogP contribution in [0.25, 0.3) is 22.4 Å². The van der Waals surface area contributed by atoms with Gasteiger partial charge in [-0.05, 0) is 54.5 Å². The number of benzene rings is 2. The van der Waals surface area contributed by atoms with E-state index in [-0.39, 0.29) is 5.89 Å². The standard InChI is InChI=1S/C24H26N/c1-18-7-3-6-10-23(18)24-16-15-22(17-25(24)2)21-13-11-20(12-14-21)19-8-4-5-9-19/h3,6-7,10-17,19H,4-5,8-9H2,1-2H3/q+1/i19D. The highest BCUT2D eigenvalue weighted by molar-refractivity contribution is 5.66. The van der Waals surface area contributed by atoms with E-state index < -0.39 is 0 Å². The quantitative estimate of drug-likeness (QED) is 0.534. The lowest BCUT2D eigenvalue weighted by Crippen LogP contribution is -2.30. The van der Waals surface area contributed by atoms with E-state index in [0.29, 0.717) is 0 Å². The number of pyridine rings is 1. The first-order valence-electron chi connectivity index (χ1n) is 9.73. The summed E-state index contributed by atoms with van der Waals surface area (Å²) in [6.45, 7) is 2.15. The van der Waals surface area contributed by atoms with Crippen LogP contribution in [0.2, 0.25) is 0 Å². The second-order valence-corrected chi connectivity index (χ2v) is 7.12. The molecule has 0 amide bonds. The highest BCUT2D eigenvalue weighted by Crippen LogP contribution is 2.34. The van der Waals surface area contributed by atoms with E-state index in [0.717, 1.165) is 12.8 Å². The first-order chi connectivity index (χ1) is 12.6. The zero-order valence-corrected chi connectivity index (χ0v) is 15.1. The maximum absolute atomic E-state index is 8.67. The Bertz CT molecular complexity index is 921. The van der Waals surface area contributed by atoms with Crippen LogP contribution in [-0.4, -0.2) is 0 Å². The lowest BCUT2D eigenvalue weighted by Gasteiger charge is -2.10. The Kier molecular flexibility index (Phi) is 4.07. The Hall–Kier alpha value is -2.41. The fourth-order valence-electron chi connectivity index (χ4n) is 3.91. The van der Waals surface area contributed by atoms with E-state index >= 15 is 0 Å². The molecule has 2 aromatic carbocycles. The largest absolute Gasteiger partial charge is 0.212 e. The molecule has 0 aliphatic heterocycles. The van der Waals surface area contributed by atoms with Crippen molar-refractivity contribution in [3.63, 3.8) is 0 Å². The van der Waals surface area contributed by atoms with Crippen molar-refractivity contribution in [1.82, 2.24) is 0 Å². The van der Waals surface area contributed by atoms with Gasteiger partial charge in [-0.3, -0.25) is 0 Å². The molecule has 0 saturated heterocycles. The smallest absolute Gasteiger partial charge is 0.200 e. The van der Waals surface area contributed by atoms with E-state index in [1.54, 1.807) is 0 Å². The van der Waals surface area contributed by atoms with Crippen LogP contribution in [0.15, 0.2) is 66.9 Å². The van der Waals surface area contributed by atoms with Gasteiger partial charge in [-0.1, -0.05) is 55.3 Å². The summed E-state index contributed by atoms with van der Waals surface area (Å²) in [6, 6.07) is 21.6. The summed E-state index contributed by atoms with van der Waals surface area (Å²) in [5.74, 6) is -0.363. The van der Waals surface area contributed by atoms with Crippen molar-refractivity contribution < 1.29 is 5.94 Å². The zero-order valence-electron chi connectivity index (χ0n) is 16.1. The molecule has 3 aromatic rings. The SMILES string of the molecule is [2H]C1(c2ccc(-c3ccc(-c4ccccc4C)[n+](C)c3)cc2)CCCC1. The van der Waals surface area contributed by atoms with Gasteiger partial charge in [0.25, 0.3) is 0 Å². The van der Waals surface area contributed by atoms with Crippen molar-refractivity contribution in [3.8, 4) is 22.4 Å². The van der Waals surface area contributed by atoms with Crippen molar-refractivity contribution in [2.75, 3.05) is 0 Å². The Morgan fingerprint density at radius 2 is 1.56 bits per heavy atom. The minimum atomic E-state index is -0.363. The lowest BCUT2D eigenvalue weighted by molar-refractivity contribution is -0.659. The van der Waals surface area contributed by atoms with Gasteiger partial charge in [0, 0.05) is 18.6 Å². The summed E-state index contributed by atoms with van der Waals surface area (Å²) < 4.78 is 10.9. The van der Waals surface area contributed by atoms with Gasteiger partial charge in [0.1, 0.15) is 7.05 Å². The molecular weight excluding hydrogens is 302 g/mol. The topological polar surface area (TPSA) is 3.88 Å². The molecule has 0 atom stereocenters. The van der Waals surface area contributed by atoms with Gasteiger partial charge >= 0.3 is 0 Å². The van der Waals surface area contributed by atoms with Crippen LogP contribution in [0.1, 0.15) is 44.1 Å². The molecular formula is C24H26N+. The number of aryl methyl sites for hydroxylation is 2. The highest BCUT2D eigenvalue weighted by Gasteiger charge is 2.17. The summed E-state index contributed by atoms with van der Waals surface area (Å²) >= 11 is 0. The molecule has 1 heterocycles. The maximum atomic E-state index is 8.67. The van der Waals surface area contributed by atoms with E-state index in [4.69, 9.17) is 1.37 Å². The molecule has 0 spiro atoms. The van der Waals surface area contributed by atoms with Crippen molar-refractivity contribution in [3.05, 3.63) is 78.0 Å². The Labute approximate surface area is 152 Å². The second kappa shape index (κ2) is 6.84. The minimum Gasteiger partial charge on any atom is -0.200 e. The molecule has 1 aliphatic carbocycles. The summed E-state index contributed by atoms with van der Waals surface area (Å²) in [5, 5.41) is 0. The van der Waals surface area contributed by atoms with Crippen LogP contribution in [0, 0.1) is 6.92 Å². The third-order valence-corrected chi connectivity index (χ3v) is 5.39. The molecule has 126 valence electrons. The number of aromatic nitrogens is 1. The molecule has 0 bridgehead atoms. The number of rotatable bonds is 3. The zero-order chi connectivity index (χ0) is 18.1. The summed E-state index contributed by atoms with van der Waals surface area (Å²) in [4.78, 5) is 0. The van der Waals surface area contributed by atoms with Gasteiger partial charge in [-0.15, -0.1) is 0 Å².